The largest absolute Gasteiger partial charge is 0.346 e. The third-order valence-corrected chi connectivity index (χ3v) is 3.96. The molecule has 0 bridgehead atoms. The van der Waals surface area contributed by atoms with Crippen molar-refractivity contribution in [2.45, 2.75) is 40.2 Å². The molecule has 0 aliphatic rings. The lowest BCUT2D eigenvalue weighted by atomic mass is 10.3. The Morgan fingerprint density at radius 2 is 2.11 bits per heavy atom. The number of rotatable bonds is 5. The van der Waals surface area contributed by atoms with E-state index in [1.165, 1.54) is 0 Å². The molecule has 6 nitrogen and oxygen atoms in total. The standard InChI is InChI=1S/C12H17N5OS/c1-4-5-10-14-7(2)9(19-10)6-13-12(18)11-8(3)15-17-16-11/h4-6H2,1-3H3,(H,13,18)(H,15,16,17). The Kier molecular flexibility index (Phi) is 4.26. The monoisotopic (exact) mass is 279 g/mol. The van der Waals surface area contributed by atoms with Gasteiger partial charge in [-0.15, -0.1) is 11.3 Å². The van der Waals surface area contributed by atoms with Crippen LogP contribution in [-0.2, 0) is 13.0 Å². The highest BCUT2D eigenvalue weighted by molar-refractivity contribution is 7.11. The molecule has 2 rings (SSSR count). The van der Waals surface area contributed by atoms with Crippen LogP contribution in [-0.4, -0.2) is 26.3 Å². The van der Waals surface area contributed by atoms with Crippen LogP contribution >= 0.6 is 11.3 Å². The van der Waals surface area contributed by atoms with Crippen molar-refractivity contribution in [1.82, 2.24) is 25.7 Å². The summed E-state index contributed by atoms with van der Waals surface area (Å²) in [5.74, 6) is -0.212. The van der Waals surface area contributed by atoms with Crippen molar-refractivity contribution in [3.05, 3.63) is 27.0 Å². The summed E-state index contributed by atoms with van der Waals surface area (Å²) >= 11 is 1.66. The van der Waals surface area contributed by atoms with E-state index in [-0.39, 0.29) is 5.91 Å². The number of aryl methyl sites for hydroxylation is 3. The lowest BCUT2D eigenvalue weighted by molar-refractivity contribution is 0.0945. The Hall–Kier alpha value is -1.76. The first-order chi connectivity index (χ1) is 9.11. The molecule has 1 amide bonds. The maximum atomic E-state index is 11.9. The predicted octanol–water partition coefficient (Wildman–Crippen LogP) is 1.76. The number of carbonyl (C=O) groups is 1. The van der Waals surface area contributed by atoms with E-state index < -0.39 is 0 Å². The van der Waals surface area contributed by atoms with Crippen LogP contribution in [0.1, 0.15) is 45.1 Å². The molecule has 2 aromatic heterocycles. The zero-order chi connectivity index (χ0) is 13.8. The molecule has 0 fully saturated rings. The molecule has 7 heteroatoms. The fraction of sp³-hybridized carbons (Fsp3) is 0.500. The molecule has 0 spiro atoms. The summed E-state index contributed by atoms with van der Waals surface area (Å²) in [5, 5.41) is 14.1. The second-order valence-corrected chi connectivity index (χ2v) is 5.47. The Bertz CT molecular complexity index is 574. The SMILES string of the molecule is CCCc1nc(C)c(CNC(=O)c2n[nH]nc2C)s1. The molecule has 0 atom stereocenters. The van der Waals surface area contributed by atoms with E-state index >= 15 is 0 Å². The number of hydrogen-bond acceptors (Lipinski definition) is 5. The van der Waals surface area contributed by atoms with E-state index in [1.54, 1.807) is 18.3 Å². The molecular weight excluding hydrogens is 262 g/mol. The van der Waals surface area contributed by atoms with Gasteiger partial charge >= 0.3 is 0 Å². The smallest absolute Gasteiger partial charge is 0.274 e. The summed E-state index contributed by atoms with van der Waals surface area (Å²) in [6.45, 7) is 6.33. The van der Waals surface area contributed by atoms with Crippen LogP contribution < -0.4 is 5.32 Å². The second kappa shape index (κ2) is 5.92. The topological polar surface area (TPSA) is 83.6 Å². The van der Waals surface area contributed by atoms with Gasteiger partial charge in [0.15, 0.2) is 5.69 Å². The number of nitrogens with one attached hydrogen (secondary N) is 2. The van der Waals surface area contributed by atoms with Gasteiger partial charge < -0.3 is 5.32 Å². The van der Waals surface area contributed by atoms with E-state index in [0.29, 0.717) is 17.9 Å². The number of aromatic amines is 1. The summed E-state index contributed by atoms with van der Waals surface area (Å²) < 4.78 is 0. The zero-order valence-corrected chi connectivity index (χ0v) is 12.1. The van der Waals surface area contributed by atoms with Crippen LogP contribution in [0.3, 0.4) is 0 Å². The van der Waals surface area contributed by atoms with Gasteiger partial charge in [0.2, 0.25) is 0 Å². The Morgan fingerprint density at radius 3 is 2.74 bits per heavy atom. The van der Waals surface area contributed by atoms with Crippen molar-refractivity contribution >= 4 is 17.2 Å². The number of amides is 1. The van der Waals surface area contributed by atoms with Gasteiger partial charge in [-0.2, -0.15) is 15.4 Å². The Balaban J connectivity index is 1.99. The van der Waals surface area contributed by atoms with Crippen molar-refractivity contribution < 1.29 is 4.79 Å². The van der Waals surface area contributed by atoms with Gasteiger partial charge in [-0.3, -0.25) is 4.79 Å². The molecule has 2 N–H and O–H groups in total. The number of hydrogen-bond donors (Lipinski definition) is 2. The summed E-state index contributed by atoms with van der Waals surface area (Å²) in [5.41, 5.74) is 1.94. The van der Waals surface area contributed by atoms with Gasteiger partial charge in [-0.25, -0.2) is 4.98 Å². The molecule has 2 aromatic rings. The summed E-state index contributed by atoms with van der Waals surface area (Å²) in [7, 11) is 0. The molecule has 0 aromatic carbocycles. The molecule has 0 unspecified atom stereocenters. The quantitative estimate of drug-likeness (QED) is 0.873. The first-order valence-electron chi connectivity index (χ1n) is 6.22. The van der Waals surface area contributed by atoms with Crippen LogP contribution in [0.4, 0.5) is 0 Å². The fourth-order valence-electron chi connectivity index (χ4n) is 1.72. The Labute approximate surface area is 115 Å². The molecule has 0 aliphatic heterocycles. The minimum absolute atomic E-state index is 0.212. The maximum absolute atomic E-state index is 11.9. The number of nitrogens with zero attached hydrogens (tertiary/aromatic N) is 3. The number of H-pyrrole nitrogens is 1. The van der Waals surface area contributed by atoms with Crippen LogP contribution in [0, 0.1) is 13.8 Å². The van der Waals surface area contributed by atoms with Crippen LogP contribution in [0.25, 0.3) is 0 Å². The molecule has 0 radical (unpaired) electrons. The third kappa shape index (κ3) is 3.17. The van der Waals surface area contributed by atoms with Crippen molar-refractivity contribution in [2.24, 2.45) is 0 Å². The van der Waals surface area contributed by atoms with Crippen molar-refractivity contribution in [2.75, 3.05) is 0 Å². The predicted molar refractivity (Wildman–Crippen MR) is 73.1 cm³/mol. The van der Waals surface area contributed by atoms with E-state index in [2.05, 4.69) is 32.6 Å². The number of thiazole rings is 1. The highest BCUT2D eigenvalue weighted by Gasteiger charge is 2.14. The molecule has 19 heavy (non-hydrogen) atoms. The van der Waals surface area contributed by atoms with Crippen molar-refractivity contribution in [3.8, 4) is 0 Å². The lowest BCUT2D eigenvalue weighted by Gasteiger charge is -2.01. The van der Waals surface area contributed by atoms with Crippen molar-refractivity contribution in [1.29, 1.82) is 0 Å². The summed E-state index contributed by atoms with van der Waals surface area (Å²) in [6.07, 6.45) is 2.07. The Morgan fingerprint density at radius 1 is 1.32 bits per heavy atom. The zero-order valence-electron chi connectivity index (χ0n) is 11.3. The molecule has 0 saturated heterocycles. The highest BCUT2D eigenvalue weighted by atomic mass is 32.1. The molecule has 0 aliphatic carbocycles. The normalized spacial score (nSPS) is 10.7. The first kappa shape index (κ1) is 13.7. The van der Waals surface area contributed by atoms with Gasteiger partial charge in [-0.05, 0) is 26.7 Å². The minimum atomic E-state index is -0.212. The third-order valence-electron chi connectivity index (χ3n) is 2.75. The van der Waals surface area contributed by atoms with Crippen LogP contribution in [0.5, 0.6) is 0 Å². The van der Waals surface area contributed by atoms with E-state index in [4.69, 9.17) is 0 Å². The molecular formula is C12H17N5OS. The van der Waals surface area contributed by atoms with Gasteiger partial charge in [-0.1, -0.05) is 6.92 Å². The van der Waals surface area contributed by atoms with E-state index in [1.807, 2.05) is 6.92 Å². The van der Waals surface area contributed by atoms with Gasteiger partial charge in [0.1, 0.15) is 0 Å². The number of carbonyl (C=O) groups excluding carboxylic acids is 1. The van der Waals surface area contributed by atoms with Crippen LogP contribution in [0.2, 0.25) is 0 Å². The maximum Gasteiger partial charge on any atom is 0.274 e. The molecule has 0 saturated carbocycles. The van der Waals surface area contributed by atoms with E-state index in [0.717, 1.165) is 28.4 Å². The number of aromatic nitrogens is 4. The molecule has 102 valence electrons. The lowest BCUT2D eigenvalue weighted by Crippen LogP contribution is -2.23. The summed E-state index contributed by atoms with van der Waals surface area (Å²) in [6, 6.07) is 0. The summed E-state index contributed by atoms with van der Waals surface area (Å²) in [4.78, 5) is 17.5. The van der Waals surface area contributed by atoms with Crippen molar-refractivity contribution in [3.63, 3.8) is 0 Å². The van der Waals surface area contributed by atoms with Gasteiger partial charge in [0.25, 0.3) is 5.91 Å². The molecule has 2 heterocycles. The van der Waals surface area contributed by atoms with Gasteiger partial charge in [0, 0.05) is 4.88 Å². The average Bonchev–Trinajstić information content (AvgIpc) is 2.93. The highest BCUT2D eigenvalue weighted by Crippen LogP contribution is 2.19. The van der Waals surface area contributed by atoms with E-state index in [9.17, 15) is 4.79 Å². The first-order valence-corrected chi connectivity index (χ1v) is 7.04. The minimum Gasteiger partial charge on any atom is -0.346 e. The fourth-order valence-corrected chi connectivity index (χ4v) is 2.83. The average molecular weight is 279 g/mol. The second-order valence-electron chi connectivity index (χ2n) is 4.31. The van der Waals surface area contributed by atoms with Gasteiger partial charge in [0.05, 0.1) is 22.9 Å². The van der Waals surface area contributed by atoms with Crippen LogP contribution in [0.15, 0.2) is 0 Å².